The monoisotopic (exact) mass is 328 g/mol. The molecule has 2 nitrogen and oxygen atoms in total. The molecule has 0 aromatic heterocycles. The van der Waals surface area contributed by atoms with Gasteiger partial charge in [0.1, 0.15) is 0 Å². The van der Waals surface area contributed by atoms with Crippen molar-refractivity contribution in [2.24, 2.45) is 0 Å². The van der Waals surface area contributed by atoms with Gasteiger partial charge < -0.3 is 5.11 Å². The van der Waals surface area contributed by atoms with Gasteiger partial charge in [0.2, 0.25) is 0 Å². The normalized spacial score (nSPS) is 13.0. The fraction of sp³-hybridized carbons (Fsp3) is 0.409. The summed E-state index contributed by atoms with van der Waals surface area (Å²) in [6.45, 7) is 2.15. The standard InChI is InChI=1S/C22H32O2/c1-2-3-4-5-6-7-8-9-10-11-12-13-14-15-16-17-18-19-20-21-22(23)24/h3-4,6-7,9-10,12-13,15-16,18-19H,2,5,8,11,14,17,20-21H2,1H3,(H,23,24)/b4-3+,7-6+,10-9-,13-12+,16-15+,19-18+. The molecule has 0 aromatic carbocycles. The van der Waals surface area contributed by atoms with E-state index in [2.05, 4.69) is 67.7 Å². The first-order chi connectivity index (χ1) is 11.8. The predicted molar refractivity (Wildman–Crippen MR) is 105 cm³/mol. The van der Waals surface area contributed by atoms with Crippen LogP contribution < -0.4 is 0 Å². The van der Waals surface area contributed by atoms with Crippen LogP contribution in [0.3, 0.4) is 0 Å². The molecular weight excluding hydrogens is 296 g/mol. The van der Waals surface area contributed by atoms with Crippen LogP contribution >= 0.6 is 0 Å². The molecule has 0 fully saturated rings. The molecule has 0 radical (unpaired) electrons. The Morgan fingerprint density at radius 1 is 0.625 bits per heavy atom. The van der Waals surface area contributed by atoms with Crippen LogP contribution in [0.2, 0.25) is 0 Å². The summed E-state index contributed by atoms with van der Waals surface area (Å²) < 4.78 is 0. The van der Waals surface area contributed by atoms with Crippen LogP contribution in [-0.4, -0.2) is 11.1 Å². The Hall–Kier alpha value is -2.09. The molecule has 0 atom stereocenters. The molecule has 0 saturated carbocycles. The maximum absolute atomic E-state index is 10.3. The van der Waals surface area contributed by atoms with Crippen molar-refractivity contribution in [3.8, 4) is 0 Å². The molecule has 0 bridgehead atoms. The maximum atomic E-state index is 10.3. The van der Waals surface area contributed by atoms with Crippen molar-refractivity contribution in [3.63, 3.8) is 0 Å². The third-order valence-electron chi connectivity index (χ3n) is 3.12. The molecule has 0 heterocycles. The van der Waals surface area contributed by atoms with Crippen molar-refractivity contribution in [1.82, 2.24) is 0 Å². The summed E-state index contributed by atoms with van der Waals surface area (Å²) in [4.78, 5) is 10.3. The van der Waals surface area contributed by atoms with Gasteiger partial charge >= 0.3 is 5.97 Å². The number of allylic oxidation sites excluding steroid dienone is 12. The lowest BCUT2D eigenvalue weighted by Crippen LogP contribution is -1.91. The van der Waals surface area contributed by atoms with E-state index in [9.17, 15) is 4.79 Å². The highest BCUT2D eigenvalue weighted by molar-refractivity contribution is 5.66. The number of aliphatic carboxylic acids is 1. The summed E-state index contributed by atoms with van der Waals surface area (Å²) in [7, 11) is 0. The van der Waals surface area contributed by atoms with Crippen molar-refractivity contribution in [1.29, 1.82) is 0 Å². The zero-order valence-corrected chi connectivity index (χ0v) is 14.9. The topological polar surface area (TPSA) is 37.3 Å². The molecule has 1 N–H and O–H groups in total. The number of carboxylic acid groups (broad SMARTS) is 1. The summed E-state index contributed by atoms with van der Waals surface area (Å²) in [6, 6.07) is 0. The molecule has 0 rings (SSSR count). The summed E-state index contributed by atoms with van der Waals surface area (Å²) in [6.07, 6.45) is 32.5. The summed E-state index contributed by atoms with van der Waals surface area (Å²) in [5.41, 5.74) is 0. The molecular formula is C22H32O2. The van der Waals surface area contributed by atoms with E-state index in [-0.39, 0.29) is 6.42 Å². The van der Waals surface area contributed by atoms with Gasteiger partial charge in [-0.1, -0.05) is 79.8 Å². The van der Waals surface area contributed by atoms with Gasteiger partial charge in [0, 0.05) is 6.42 Å². The number of carboxylic acids is 1. The van der Waals surface area contributed by atoms with Gasteiger partial charge in [-0.3, -0.25) is 4.79 Å². The van der Waals surface area contributed by atoms with Gasteiger partial charge in [0.15, 0.2) is 0 Å². The predicted octanol–water partition coefficient (Wildman–Crippen LogP) is 6.55. The largest absolute Gasteiger partial charge is 0.481 e. The van der Waals surface area contributed by atoms with Crippen LogP contribution in [-0.2, 0) is 4.79 Å². The highest BCUT2D eigenvalue weighted by Crippen LogP contribution is 1.97. The van der Waals surface area contributed by atoms with Crippen LogP contribution in [0.5, 0.6) is 0 Å². The van der Waals surface area contributed by atoms with E-state index >= 15 is 0 Å². The highest BCUT2D eigenvalue weighted by Gasteiger charge is 1.90. The minimum atomic E-state index is -0.741. The number of rotatable bonds is 14. The number of carbonyl (C=O) groups is 1. The molecule has 2 heteroatoms. The molecule has 0 aliphatic heterocycles. The van der Waals surface area contributed by atoms with Crippen LogP contribution in [0, 0.1) is 0 Å². The Labute approximate surface area is 147 Å². The summed E-state index contributed by atoms with van der Waals surface area (Å²) >= 11 is 0. The van der Waals surface area contributed by atoms with Gasteiger partial charge in [-0.15, -0.1) is 0 Å². The summed E-state index contributed by atoms with van der Waals surface area (Å²) in [5, 5.41) is 8.49. The van der Waals surface area contributed by atoms with Gasteiger partial charge in [0.05, 0.1) is 0 Å². The lowest BCUT2D eigenvalue weighted by atomic mass is 10.2. The molecule has 0 aliphatic carbocycles. The Balaban J connectivity index is 3.51. The van der Waals surface area contributed by atoms with Crippen molar-refractivity contribution in [3.05, 3.63) is 72.9 Å². The first-order valence-corrected chi connectivity index (χ1v) is 8.89. The number of hydrogen-bond donors (Lipinski definition) is 1. The zero-order valence-electron chi connectivity index (χ0n) is 14.9. The van der Waals surface area contributed by atoms with Crippen molar-refractivity contribution < 1.29 is 9.90 Å². The zero-order chi connectivity index (χ0) is 17.7. The Morgan fingerprint density at radius 3 is 1.29 bits per heavy atom. The lowest BCUT2D eigenvalue weighted by Gasteiger charge is -1.87. The molecule has 24 heavy (non-hydrogen) atoms. The third kappa shape index (κ3) is 19.9. The molecule has 0 unspecified atom stereocenters. The van der Waals surface area contributed by atoms with E-state index < -0.39 is 5.97 Å². The number of hydrogen-bond acceptors (Lipinski definition) is 1. The second-order valence-corrected chi connectivity index (χ2v) is 5.35. The van der Waals surface area contributed by atoms with Gasteiger partial charge in [0.25, 0.3) is 0 Å². The Kier molecular flexibility index (Phi) is 17.3. The quantitative estimate of drug-likeness (QED) is 0.367. The fourth-order valence-electron chi connectivity index (χ4n) is 1.85. The molecule has 0 aromatic rings. The van der Waals surface area contributed by atoms with Crippen LogP contribution in [0.4, 0.5) is 0 Å². The van der Waals surface area contributed by atoms with E-state index in [1.165, 1.54) is 0 Å². The molecule has 0 amide bonds. The smallest absolute Gasteiger partial charge is 0.303 e. The second kappa shape index (κ2) is 19.0. The van der Waals surface area contributed by atoms with Gasteiger partial charge in [-0.25, -0.2) is 0 Å². The fourth-order valence-corrected chi connectivity index (χ4v) is 1.85. The van der Waals surface area contributed by atoms with Crippen molar-refractivity contribution in [2.75, 3.05) is 0 Å². The SMILES string of the molecule is CC/C=C/C/C=C/C/C=C\C/C=C/C/C=C/C/C=C/CCC(=O)O. The maximum Gasteiger partial charge on any atom is 0.303 e. The van der Waals surface area contributed by atoms with Crippen LogP contribution in [0.1, 0.15) is 58.3 Å². The van der Waals surface area contributed by atoms with E-state index in [0.29, 0.717) is 6.42 Å². The van der Waals surface area contributed by atoms with E-state index in [4.69, 9.17) is 5.11 Å². The first kappa shape index (κ1) is 21.9. The molecule has 0 aliphatic rings. The highest BCUT2D eigenvalue weighted by atomic mass is 16.4. The minimum Gasteiger partial charge on any atom is -0.481 e. The van der Waals surface area contributed by atoms with Gasteiger partial charge in [-0.2, -0.15) is 0 Å². The molecule has 0 saturated heterocycles. The van der Waals surface area contributed by atoms with Crippen LogP contribution in [0.25, 0.3) is 0 Å². The van der Waals surface area contributed by atoms with E-state index in [1.807, 2.05) is 12.2 Å². The van der Waals surface area contributed by atoms with E-state index in [1.54, 1.807) is 0 Å². The third-order valence-corrected chi connectivity index (χ3v) is 3.12. The van der Waals surface area contributed by atoms with Gasteiger partial charge in [-0.05, 0) is 44.9 Å². The Bertz CT molecular complexity index is 462. The Morgan fingerprint density at radius 2 is 0.958 bits per heavy atom. The summed E-state index contributed by atoms with van der Waals surface area (Å²) in [5.74, 6) is -0.741. The van der Waals surface area contributed by atoms with Crippen molar-refractivity contribution in [2.45, 2.75) is 58.3 Å². The molecule has 0 spiro atoms. The minimum absolute atomic E-state index is 0.210. The van der Waals surface area contributed by atoms with E-state index in [0.717, 1.165) is 38.5 Å². The average molecular weight is 328 g/mol. The molecule has 132 valence electrons. The first-order valence-electron chi connectivity index (χ1n) is 8.89. The average Bonchev–Trinajstić information content (AvgIpc) is 2.56. The second-order valence-electron chi connectivity index (χ2n) is 5.35. The van der Waals surface area contributed by atoms with Crippen LogP contribution in [0.15, 0.2) is 72.9 Å². The lowest BCUT2D eigenvalue weighted by molar-refractivity contribution is -0.136. The van der Waals surface area contributed by atoms with Crippen molar-refractivity contribution >= 4 is 5.97 Å².